The summed E-state index contributed by atoms with van der Waals surface area (Å²) in [5.74, 6) is 0. The van der Waals surface area contributed by atoms with E-state index in [0.717, 1.165) is 12.8 Å². The van der Waals surface area contributed by atoms with E-state index in [1.165, 1.54) is 17.0 Å². The molecule has 0 bridgehead atoms. The van der Waals surface area contributed by atoms with Crippen molar-refractivity contribution < 1.29 is 18.1 Å². The zero-order chi connectivity index (χ0) is 14.9. The van der Waals surface area contributed by atoms with Crippen LogP contribution < -0.4 is 0 Å². The van der Waals surface area contributed by atoms with Crippen molar-refractivity contribution in [2.45, 2.75) is 31.6 Å². The highest BCUT2D eigenvalue weighted by Gasteiger charge is 2.38. The van der Waals surface area contributed by atoms with Crippen LogP contribution in [-0.2, 0) is 6.54 Å². The van der Waals surface area contributed by atoms with Gasteiger partial charge in [-0.3, -0.25) is 15.0 Å². The van der Waals surface area contributed by atoms with Crippen molar-refractivity contribution in [3.8, 4) is 0 Å². The molecule has 0 atom stereocenters. The molecule has 0 aliphatic heterocycles. The second-order valence-electron chi connectivity index (χ2n) is 4.76. The number of nitro benzene ring substituents is 1. The summed E-state index contributed by atoms with van der Waals surface area (Å²) < 4.78 is 37.9. The van der Waals surface area contributed by atoms with Crippen LogP contribution in [0.1, 0.15) is 18.4 Å². The highest BCUT2D eigenvalue weighted by molar-refractivity contribution is 9.10. The summed E-state index contributed by atoms with van der Waals surface area (Å²) in [5, 5.41) is 10.8. The van der Waals surface area contributed by atoms with Crippen LogP contribution in [0.2, 0.25) is 0 Å². The molecule has 1 aromatic rings. The Labute approximate surface area is 121 Å². The Bertz CT molecular complexity index is 518. The molecule has 110 valence electrons. The van der Waals surface area contributed by atoms with Gasteiger partial charge in [0, 0.05) is 18.7 Å². The molecular formula is C12H12BrF3N2O2. The molecule has 4 nitrogen and oxygen atoms in total. The summed E-state index contributed by atoms with van der Waals surface area (Å²) in [6.45, 7) is -0.945. The van der Waals surface area contributed by atoms with Gasteiger partial charge in [0.05, 0.1) is 15.9 Å². The predicted octanol–water partition coefficient (Wildman–Crippen LogP) is 3.88. The van der Waals surface area contributed by atoms with E-state index in [2.05, 4.69) is 15.9 Å². The zero-order valence-electron chi connectivity index (χ0n) is 10.4. The van der Waals surface area contributed by atoms with Crippen molar-refractivity contribution in [2.24, 2.45) is 0 Å². The Morgan fingerprint density at radius 1 is 1.40 bits per heavy atom. The van der Waals surface area contributed by atoms with Crippen LogP contribution in [0.5, 0.6) is 0 Å². The lowest BCUT2D eigenvalue weighted by Gasteiger charge is -2.23. The first-order chi connectivity index (χ1) is 9.28. The largest absolute Gasteiger partial charge is 0.401 e. The Kier molecular flexibility index (Phi) is 4.33. The number of hydrogen-bond acceptors (Lipinski definition) is 3. The van der Waals surface area contributed by atoms with Gasteiger partial charge >= 0.3 is 6.18 Å². The van der Waals surface area contributed by atoms with Gasteiger partial charge in [0.2, 0.25) is 0 Å². The van der Waals surface area contributed by atoms with E-state index in [9.17, 15) is 23.3 Å². The van der Waals surface area contributed by atoms with Gasteiger partial charge in [-0.25, -0.2) is 0 Å². The molecule has 0 radical (unpaired) electrons. The van der Waals surface area contributed by atoms with Crippen LogP contribution in [0.25, 0.3) is 0 Å². The highest BCUT2D eigenvalue weighted by Crippen LogP contribution is 2.34. The lowest BCUT2D eigenvalue weighted by molar-refractivity contribution is -0.385. The highest BCUT2D eigenvalue weighted by atomic mass is 79.9. The molecule has 0 aromatic heterocycles. The molecule has 0 amide bonds. The van der Waals surface area contributed by atoms with Gasteiger partial charge in [0.25, 0.3) is 5.69 Å². The fraction of sp³-hybridized carbons (Fsp3) is 0.500. The van der Waals surface area contributed by atoms with E-state index in [1.54, 1.807) is 6.07 Å². The minimum atomic E-state index is -4.27. The topological polar surface area (TPSA) is 46.4 Å². The maximum Gasteiger partial charge on any atom is 0.401 e. The molecule has 0 spiro atoms. The third-order valence-electron chi connectivity index (χ3n) is 3.07. The van der Waals surface area contributed by atoms with E-state index in [1.807, 2.05) is 0 Å². The summed E-state index contributed by atoms with van der Waals surface area (Å²) >= 11 is 3.11. The van der Waals surface area contributed by atoms with Crippen molar-refractivity contribution in [1.82, 2.24) is 4.90 Å². The summed E-state index contributed by atoms with van der Waals surface area (Å²) in [4.78, 5) is 11.6. The fourth-order valence-electron chi connectivity index (χ4n) is 2.03. The Morgan fingerprint density at radius 3 is 2.55 bits per heavy atom. The number of rotatable bonds is 5. The van der Waals surface area contributed by atoms with Crippen molar-refractivity contribution in [3.05, 3.63) is 38.3 Å². The molecule has 0 unspecified atom stereocenters. The van der Waals surface area contributed by atoms with Gasteiger partial charge in [-0.05, 0) is 34.3 Å². The maximum absolute atomic E-state index is 12.5. The third kappa shape index (κ3) is 3.92. The first kappa shape index (κ1) is 15.2. The quantitative estimate of drug-likeness (QED) is 0.596. The van der Waals surface area contributed by atoms with Crippen LogP contribution >= 0.6 is 15.9 Å². The number of hydrogen-bond donors (Lipinski definition) is 0. The van der Waals surface area contributed by atoms with E-state index in [0.29, 0.717) is 5.56 Å². The lowest BCUT2D eigenvalue weighted by atomic mass is 10.2. The van der Waals surface area contributed by atoms with Gasteiger partial charge in [0.1, 0.15) is 0 Å². The minimum Gasteiger partial charge on any atom is -0.288 e. The number of nitro groups is 1. The van der Waals surface area contributed by atoms with E-state index in [-0.39, 0.29) is 22.7 Å². The summed E-state index contributed by atoms with van der Waals surface area (Å²) in [5.41, 5.74) is 0.362. The minimum absolute atomic E-state index is 0.0481. The van der Waals surface area contributed by atoms with Crippen LogP contribution in [0.15, 0.2) is 22.7 Å². The Hall–Kier alpha value is -1.15. The monoisotopic (exact) mass is 352 g/mol. The van der Waals surface area contributed by atoms with Crippen LogP contribution in [0, 0.1) is 10.1 Å². The molecule has 8 heteroatoms. The van der Waals surface area contributed by atoms with Gasteiger partial charge in [0.15, 0.2) is 0 Å². The molecule has 1 aromatic carbocycles. The average Bonchev–Trinajstić information content (AvgIpc) is 3.12. The predicted molar refractivity (Wildman–Crippen MR) is 70.3 cm³/mol. The number of alkyl halides is 3. The molecule has 0 saturated heterocycles. The summed E-state index contributed by atoms with van der Waals surface area (Å²) in [7, 11) is 0. The second kappa shape index (κ2) is 5.69. The van der Waals surface area contributed by atoms with Gasteiger partial charge in [-0.2, -0.15) is 13.2 Å². The molecule has 0 N–H and O–H groups in total. The molecule has 20 heavy (non-hydrogen) atoms. The fourth-order valence-corrected chi connectivity index (χ4v) is 2.57. The van der Waals surface area contributed by atoms with E-state index >= 15 is 0 Å². The van der Waals surface area contributed by atoms with Crippen molar-refractivity contribution >= 4 is 21.6 Å². The first-order valence-corrected chi connectivity index (χ1v) is 6.80. The van der Waals surface area contributed by atoms with Crippen molar-refractivity contribution in [1.29, 1.82) is 0 Å². The third-order valence-corrected chi connectivity index (χ3v) is 3.99. The average molecular weight is 353 g/mol. The lowest BCUT2D eigenvalue weighted by Crippen LogP contribution is -2.35. The standard InChI is InChI=1S/C12H12BrF3N2O2/c13-11-8(2-1-3-10(11)18(19)20)6-17(9-4-5-9)7-12(14,15)16/h1-3,9H,4-7H2. The smallest absolute Gasteiger partial charge is 0.288 e. The Balaban J connectivity index is 2.18. The molecule has 1 aliphatic carbocycles. The molecule has 1 aliphatic rings. The SMILES string of the molecule is O=[N+]([O-])c1cccc(CN(CC(F)(F)F)C2CC2)c1Br. The molecular weight excluding hydrogens is 341 g/mol. The van der Waals surface area contributed by atoms with Crippen molar-refractivity contribution in [2.75, 3.05) is 6.54 Å². The number of benzene rings is 1. The molecule has 1 saturated carbocycles. The van der Waals surface area contributed by atoms with E-state index in [4.69, 9.17) is 0 Å². The first-order valence-electron chi connectivity index (χ1n) is 6.00. The zero-order valence-corrected chi connectivity index (χ0v) is 11.9. The second-order valence-corrected chi connectivity index (χ2v) is 5.55. The van der Waals surface area contributed by atoms with Gasteiger partial charge in [-0.15, -0.1) is 0 Å². The summed E-state index contributed by atoms with van der Waals surface area (Å²) in [6.07, 6.45) is -2.79. The van der Waals surface area contributed by atoms with Crippen LogP contribution in [-0.4, -0.2) is 28.6 Å². The molecule has 1 fully saturated rings. The van der Waals surface area contributed by atoms with E-state index < -0.39 is 17.6 Å². The van der Waals surface area contributed by atoms with Crippen LogP contribution in [0.3, 0.4) is 0 Å². The normalized spacial score (nSPS) is 15.7. The number of halogens is 4. The van der Waals surface area contributed by atoms with Crippen molar-refractivity contribution in [3.63, 3.8) is 0 Å². The van der Waals surface area contributed by atoms with Gasteiger partial charge < -0.3 is 0 Å². The van der Waals surface area contributed by atoms with Gasteiger partial charge in [-0.1, -0.05) is 12.1 Å². The maximum atomic E-state index is 12.5. The summed E-state index contributed by atoms with van der Waals surface area (Å²) in [6, 6.07) is 4.32. The van der Waals surface area contributed by atoms with Crippen LogP contribution in [0.4, 0.5) is 18.9 Å². The number of nitrogens with zero attached hydrogens (tertiary/aromatic N) is 2. The molecule has 2 rings (SSSR count). The molecule has 0 heterocycles. The Morgan fingerprint density at radius 2 is 2.05 bits per heavy atom.